The normalized spacial score (nSPS) is 11.3. The lowest BCUT2D eigenvalue weighted by molar-refractivity contribution is 0.581. The van der Waals surface area contributed by atoms with Crippen molar-refractivity contribution in [2.24, 2.45) is 0 Å². The molecular formula is C21H24FN5O2S. The number of hydrogen-bond donors (Lipinski definition) is 3. The minimum Gasteiger partial charge on any atom is -0.353 e. The first kappa shape index (κ1) is 21.7. The lowest BCUT2D eigenvalue weighted by Crippen LogP contribution is -2.30. The monoisotopic (exact) mass is 429 g/mol. The van der Waals surface area contributed by atoms with Crippen LogP contribution in [0.25, 0.3) is 0 Å². The van der Waals surface area contributed by atoms with Crippen molar-refractivity contribution in [3.8, 4) is 0 Å². The fourth-order valence-electron chi connectivity index (χ4n) is 2.77. The molecule has 0 fully saturated rings. The Hall–Kier alpha value is -3.04. The van der Waals surface area contributed by atoms with Crippen LogP contribution in [0.2, 0.25) is 0 Å². The van der Waals surface area contributed by atoms with Gasteiger partial charge >= 0.3 is 0 Å². The molecule has 0 atom stereocenters. The van der Waals surface area contributed by atoms with Crippen molar-refractivity contribution in [1.29, 1.82) is 0 Å². The van der Waals surface area contributed by atoms with Crippen LogP contribution in [0.5, 0.6) is 0 Å². The lowest BCUT2D eigenvalue weighted by atomic mass is 10.2. The third kappa shape index (κ3) is 6.78. The number of halogens is 1. The number of hydrogen-bond acceptors (Lipinski definition) is 6. The highest BCUT2D eigenvalue weighted by atomic mass is 32.2. The second-order valence-corrected chi connectivity index (χ2v) is 8.73. The summed E-state index contributed by atoms with van der Waals surface area (Å²) in [5, 5.41) is 6.24. The number of nitrogens with one attached hydrogen (secondary N) is 3. The number of rotatable bonds is 9. The van der Waals surface area contributed by atoms with E-state index in [1.165, 1.54) is 23.8 Å². The van der Waals surface area contributed by atoms with E-state index in [0.29, 0.717) is 23.9 Å². The Morgan fingerprint density at radius 1 is 0.967 bits per heavy atom. The fraction of sp³-hybridized carbons (Fsp3) is 0.238. The van der Waals surface area contributed by atoms with Crippen LogP contribution >= 0.6 is 0 Å². The smallest absolute Gasteiger partial charge is 0.224 e. The van der Waals surface area contributed by atoms with E-state index in [-0.39, 0.29) is 12.3 Å². The first-order valence-electron chi connectivity index (χ1n) is 9.44. The summed E-state index contributed by atoms with van der Waals surface area (Å²) in [6, 6.07) is 15.3. The van der Waals surface area contributed by atoms with Crippen LogP contribution < -0.4 is 15.4 Å². The molecule has 3 rings (SSSR count). The summed E-state index contributed by atoms with van der Waals surface area (Å²) in [7, 11) is -3.58. The predicted octanol–water partition coefficient (Wildman–Crippen LogP) is 3.51. The molecule has 0 aliphatic rings. The Labute approximate surface area is 175 Å². The van der Waals surface area contributed by atoms with Crippen molar-refractivity contribution in [2.75, 3.05) is 23.7 Å². The van der Waals surface area contributed by atoms with E-state index in [9.17, 15) is 12.8 Å². The van der Waals surface area contributed by atoms with Crippen molar-refractivity contribution in [3.05, 3.63) is 77.2 Å². The van der Waals surface area contributed by atoms with Crippen LogP contribution in [0.15, 0.2) is 54.6 Å². The zero-order valence-electron chi connectivity index (χ0n) is 16.8. The Morgan fingerprint density at radius 2 is 1.73 bits per heavy atom. The average Bonchev–Trinajstić information content (AvgIpc) is 2.66. The highest BCUT2D eigenvalue weighted by Gasteiger charge is 2.11. The molecule has 0 aliphatic heterocycles. The molecular weight excluding hydrogens is 405 g/mol. The second-order valence-electron chi connectivity index (χ2n) is 6.92. The summed E-state index contributed by atoms with van der Waals surface area (Å²) in [4.78, 5) is 8.73. The zero-order chi connectivity index (χ0) is 21.6. The van der Waals surface area contributed by atoms with E-state index >= 15 is 0 Å². The molecule has 0 unspecified atom stereocenters. The fourth-order valence-corrected chi connectivity index (χ4v) is 3.91. The molecule has 1 aromatic heterocycles. The molecule has 0 radical (unpaired) electrons. The maximum atomic E-state index is 13.2. The van der Waals surface area contributed by atoms with E-state index in [2.05, 4.69) is 25.3 Å². The van der Waals surface area contributed by atoms with Crippen molar-refractivity contribution in [1.82, 2.24) is 14.7 Å². The van der Waals surface area contributed by atoms with Crippen LogP contribution in [0.1, 0.15) is 16.8 Å². The third-order valence-corrected chi connectivity index (χ3v) is 5.51. The average molecular weight is 430 g/mol. The predicted molar refractivity (Wildman–Crippen MR) is 117 cm³/mol. The minimum atomic E-state index is -3.58. The molecule has 0 amide bonds. The Bertz CT molecular complexity index is 1100. The van der Waals surface area contributed by atoms with Crippen LogP contribution in [0.4, 0.5) is 21.8 Å². The molecule has 1 heterocycles. The summed E-state index contributed by atoms with van der Waals surface area (Å²) >= 11 is 0. The minimum absolute atomic E-state index is 0.148. The lowest BCUT2D eigenvalue weighted by Gasteiger charge is -2.11. The van der Waals surface area contributed by atoms with Gasteiger partial charge in [0.15, 0.2) is 0 Å². The molecule has 3 N–H and O–H groups in total. The van der Waals surface area contributed by atoms with E-state index in [1.807, 2.05) is 44.2 Å². The molecule has 30 heavy (non-hydrogen) atoms. The van der Waals surface area contributed by atoms with E-state index < -0.39 is 15.8 Å². The summed E-state index contributed by atoms with van der Waals surface area (Å²) in [5.41, 5.74) is 3.24. The van der Waals surface area contributed by atoms with Gasteiger partial charge in [-0.05, 0) is 43.7 Å². The van der Waals surface area contributed by atoms with Crippen LogP contribution in [0, 0.1) is 19.7 Å². The van der Waals surface area contributed by atoms with Crippen molar-refractivity contribution >= 4 is 27.5 Å². The van der Waals surface area contributed by atoms with Gasteiger partial charge in [-0.3, -0.25) is 0 Å². The molecule has 0 saturated heterocycles. The Balaban J connectivity index is 1.53. The van der Waals surface area contributed by atoms with Crippen molar-refractivity contribution < 1.29 is 12.8 Å². The highest BCUT2D eigenvalue weighted by Crippen LogP contribution is 2.17. The Kier molecular flexibility index (Phi) is 6.96. The number of nitrogens with zero attached hydrogens (tertiary/aromatic N) is 2. The van der Waals surface area contributed by atoms with Crippen LogP contribution in [0.3, 0.4) is 0 Å². The van der Waals surface area contributed by atoms with Gasteiger partial charge in [-0.25, -0.2) is 22.5 Å². The standard InChI is InChI=1S/C21H24FN5O2S/c1-15-6-8-19(9-7-15)26-20-12-16(2)25-21(27-20)23-10-11-24-30(28,29)14-17-4-3-5-18(22)13-17/h3-9,12-13,24H,10-11,14H2,1-2H3,(H2,23,25,26,27). The van der Waals surface area contributed by atoms with Crippen molar-refractivity contribution in [2.45, 2.75) is 19.6 Å². The second kappa shape index (κ2) is 9.64. The molecule has 158 valence electrons. The van der Waals surface area contributed by atoms with Crippen LogP contribution in [-0.4, -0.2) is 31.5 Å². The number of anilines is 3. The van der Waals surface area contributed by atoms with Gasteiger partial charge in [0.05, 0.1) is 5.75 Å². The first-order chi connectivity index (χ1) is 14.3. The van der Waals surface area contributed by atoms with Gasteiger partial charge in [-0.1, -0.05) is 29.8 Å². The number of aromatic nitrogens is 2. The van der Waals surface area contributed by atoms with Gasteiger partial charge in [0, 0.05) is 30.5 Å². The molecule has 0 spiro atoms. The maximum absolute atomic E-state index is 13.2. The van der Waals surface area contributed by atoms with Gasteiger partial charge in [0.25, 0.3) is 0 Å². The van der Waals surface area contributed by atoms with Crippen molar-refractivity contribution in [3.63, 3.8) is 0 Å². The summed E-state index contributed by atoms with van der Waals surface area (Å²) in [5.74, 6) is 0.293. The number of benzene rings is 2. The molecule has 0 saturated carbocycles. The van der Waals surface area contributed by atoms with Gasteiger partial charge in [-0.15, -0.1) is 0 Å². The molecule has 0 bridgehead atoms. The van der Waals surface area contributed by atoms with E-state index in [1.54, 1.807) is 6.07 Å². The number of sulfonamides is 1. The van der Waals surface area contributed by atoms with Gasteiger partial charge < -0.3 is 10.6 Å². The zero-order valence-corrected chi connectivity index (χ0v) is 17.6. The summed E-state index contributed by atoms with van der Waals surface area (Å²) in [6.07, 6.45) is 0. The first-order valence-corrected chi connectivity index (χ1v) is 11.1. The van der Waals surface area contributed by atoms with E-state index in [4.69, 9.17) is 0 Å². The molecule has 9 heteroatoms. The molecule has 3 aromatic rings. The van der Waals surface area contributed by atoms with Gasteiger partial charge in [0.2, 0.25) is 16.0 Å². The van der Waals surface area contributed by atoms with Gasteiger partial charge in [0.1, 0.15) is 11.6 Å². The molecule has 7 nitrogen and oxygen atoms in total. The van der Waals surface area contributed by atoms with Crippen LogP contribution in [-0.2, 0) is 15.8 Å². The highest BCUT2D eigenvalue weighted by molar-refractivity contribution is 7.88. The Morgan fingerprint density at radius 3 is 2.47 bits per heavy atom. The number of aryl methyl sites for hydroxylation is 2. The van der Waals surface area contributed by atoms with Gasteiger partial charge in [-0.2, -0.15) is 4.98 Å². The topological polar surface area (TPSA) is 96.0 Å². The largest absolute Gasteiger partial charge is 0.353 e. The SMILES string of the molecule is Cc1ccc(Nc2cc(C)nc(NCCNS(=O)(=O)Cc3cccc(F)c3)n2)cc1. The summed E-state index contributed by atoms with van der Waals surface area (Å²) in [6.45, 7) is 4.33. The third-order valence-electron chi connectivity index (χ3n) is 4.15. The summed E-state index contributed by atoms with van der Waals surface area (Å²) < 4.78 is 40.0. The molecule has 2 aromatic carbocycles. The van der Waals surface area contributed by atoms with E-state index in [0.717, 1.165) is 11.4 Å². The quantitative estimate of drug-likeness (QED) is 0.451. The maximum Gasteiger partial charge on any atom is 0.224 e. The molecule has 0 aliphatic carbocycles.